The Kier molecular flexibility index (Phi) is 3.53. The topological polar surface area (TPSA) is 50.5 Å². The van der Waals surface area contributed by atoms with Crippen LogP contribution in [0.25, 0.3) is 22.5 Å². The number of amides is 1. The number of hydrogen-bond donors (Lipinski definition) is 0. The molecule has 4 nitrogen and oxygen atoms in total. The van der Waals surface area contributed by atoms with Gasteiger partial charge in [0.25, 0.3) is 5.91 Å². The molecule has 0 radical (unpaired) electrons. The molecule has 124 valence electrons. The Morgan fingerprint density at radius 3 is 2.40 bits per heavy atom. The molecule has 0 bridgehead atoms. The molecule has 4 heteroatoms. The van der Waals surface area contributed by atoms with Gasteiger partial charge >= 0.3 is 0 Å². The number of rotatable bonds is 3. The van der Waals surface area contributed by atoms with Gasteiger partial charge in [-0.1, -0.05) is 36.4 Å². The normalized spacial score (nSPS) is 13.2. The maximum absolute atomic E-state index is 12.3. The van der Waals surface area contributed by atoms with E-state index in [1.54, 1.807) is 4.90 Å². The van der Waals surface area contributed by atoms with Gasteiger partial charge in [-0.3, -0.25) is 9.59 Å². The van der Waals surface area contributed by atoms with Crippen molar-refractivity contribution in [2.24, 2.45) is 0 Å². The summed E-state index contributed by atoms with van der Waals surface area (Å²) in [4.78, 5) is 25.1. The minimum Gasteiger partial charge on any atom is -0.453 e. The molecule has 0 fully saturated rings. The summed E-state index contributed by atoms with van der Waals surface area (Å²) < 4.78 is 5.73. The highest BCUT2D eigenvalue weighted by atomic mass is 16.3. The second-order valence-corrected chi connectivity index (χ2v) is 6.31. The van der Waals surface area contributed by atoms with Crippen molar-refractivity contribution < 1.29 is 14.0 Å². The summed E-state index contributed by atoms with van der Waals surface area (Å²) in [7, 11) is 1.81. The Balaban J connectivity index is 1.92. The summed E-state index contributed by atoms with van der Waals surface area (Å²) in [5.74, 6) is 1.05. The molecule has 0 saturated heterocycles. The van der Waals surface area contributed by atoms with Gasteiger partial charge in [-0.15, -0.1) is 0 Å². The van der Waals surface area contributed by atoms with E-state index < -0.39 is 0 Å². The Bertz CT molecular complexity index is 1000. The number of furan rings is 1. The van der Waals surface area contributed by atoms with E-state index in [9.17, 15) is 9.59 Å². The molecule has 0 aliphatic carbocycles. The van der Waals surface area contributed by atoms with Crippen LogP contribution in [0, 0.1) is 6.92 Å². The number of carbonyl (C=O) groups excluding carboxylic acids is 2. The van der Waals surface area contributed by atoms with Crippen molar-refractivity contribution in [3.8, 4) is 22.5 Å². The summed E-state index contributed by atoms with van der Waals surface area (Å²) in [6, 6.07) is 15.6. The molecular weight excluding hydrogens is 314 g/mol. The molecule has 1 aromatic heterocycles. The molecule has 4 rings (SSSR count). The van der Waals surface area contributed by atoms with Gasteiger partial charge in [0, 0.05) is 24.7 Å². The Hall–Kier alpha value is -3.14. The average Bonchev–Trinajstić information content (AvgIpc) is 3.15. The summed E-state index contributed by atoms with van der Waals surface area (Å²) in [5, 5.41) is 0. The van der Waals surface area contributed by atoms with Crippen molar-refractivity contribution in [3.05, 3.63) is 71.0 Å². The second-order valence-electron chi connectivity index (χ2n) is 6.31. The van der Waals surface area contributed by atoms with E-state index >= 15 is 0 Å². The molecule has 0 N–H and O–H groups in total. The Morgan fingerprint density at radius 1 is 1.00 bits per heavy atom. The molecule has 1 amide bonds. The zero-order valence-corrected chi connectivity index (χ0v) is 14.1. The van der Waals surface area contributed by atoms with E-state index in [1.807, 2.05) is 62.5 Å². The van der Waals surface area contributed by atoms with E-state index in [0.29, 0.717) is 18.1 Å². The highest BCUT2D eigenvalue weighted by molar-refractivity contribution is 6.01. The van der Waals surface area contributed by atoms with Crippen molar-refractivity contribution in [1.82, 2.24) is 4.90 Å². The van der Waals surface area contributed by atoms with Crippen molar-refractivity contribution in [3.63, 3.8) is 0 Å². The predicted octanol–water partition coefficient (Wildman–Crippen LogP) is 4.32. The van der Waals surface area contributed by atoms with Crippen molar-refractivity contribution in [2.75, 3.05) is 7.05 Å². The molecule has 25 heavy (non-hydrogen) atoms. The predicted molar refractivity (Wildman–Crippen MR) is 95.5 cm³/mol. The highest BCUT2D eigenvalue weighted by Crippen LogP contribution is 2.38. The summed E-state index contributed by atoms with van der Waals surface area (Å²) in [6.45, 7) is 2.45. The third-order valence-electron chi connectivity index (χ3n) is 4.69. The van der Waals surface area contributed by atoms with Crippen LogP contribution in [0.5, 0.6) is 0 Å². The van der Waals surface area contributed by atoms with E-state index in [0.717, 1.165) is 39.7 Å². The minimum atomic E-state index is 0.0476. The molecule has 0 spiro atoms. The highest BCUT2D eigenvalue weighted by Gasteiger charge is 2.27. The zero-order chi connectivity index (χ0) is 17.6. The van der Waals surface area contributed by atoms with E-state index in [1.165, 1.54) is 0 Å². The van der Waals surface area contributed by atoms with Gasteiger partial charge in [0.05, 0.1) is 0 Å². The first-order valence-electron chi connectivity index (χ1n) is 8.13. The van der Waals surface area contributed by atoms with Crippen molar-refractivity contribution in [2.45, 2.75) is 13.5 Å². The van der Waals surface area contributed by atoms with Crippen LogP contribution in [0.1, 0.15) is 32.0 Å². The Labute approximate surface area is 145 Å². The fourth-order valence-corrected chi connectivity index (χ4v) is 3.40. The number of nitrogens with zero attached hydrogens (tertiary/aromatic N) is 1. The molecule has 2 aromatic carbocycles. The lowest BCUT2D eigenvalue weighted by Gasteiger charge is -2.12. The molecule has 0 saturated carbocycles. The number of aryl methyl sites for hydroxylation is 1. The van der Waals surface area contributed by atoms with Gasteiger partial charge in [-0.25, -0.2) is 0 Å². The fourth-order valence-electron chi connectivity index (χ4n) is 3.40. The smallest absolute Gasteiger partial charge is 0.254 e. The van der Waals surface area contributed by atoms with Crippen LogP contribution in [0.4, 0.5) is 0 Å². The lowest BCUT2D eigenvalue weighted by molar-refractivity contribution is 0.0816. The molecule has 3 aromatic rings. The monoisotopic (exact) mass is 331 g/mol. The number of hydrogen-bond acceptors (Lipinski definition) is 3. The van der Waals surface area contributed by atoms with E-state index in [-0.39, 0.29) is 5.91 Å². The van der Waals surface area contributed by atoms with Gasteiger partial charge < -0.3 is 9.32 Å². The van der Waals surface area contributed by atoms with Gasteiger partial charge in [-0.05, 0) is 41.3 Å². The van der Waals surface area contributed by atoms with Crippen LogP contribution in [0.2, 0.25) is 0 Å². The van der Waals surface area contributed by atoms with Gasteiger partial charge in [0.15, 0.2) is 12.0 Å². The van der Waals surface area contributed by atoms with Gasteiger partial charge in [-0.2, -0.15) is 0 Å². The standard InChI is InChI=1S/C21H17NO3/c1-13-10-19(25-20(13)12-23)16-7-4-3-6-14(16)15-8-5-9-17-18(15)11-22(2)21(17)24/h3-10,12H,11H2,1-2H3. The first kappa shape index (κ1) is 15.4. The lowest BCUT2D eigenvalue weighted by atomic mass is 9.92. The van der Waals surface area contributed by atoms with Crippen LogP contribution in [-0.2, 0) is 6.54 Å². The lowest BCUT2D eigenvalue weighted by Crippen LogP contribution is -2.17. The third kappa shape index (κ3) is 2.38. The average molecular weight is 331 g/mol. The fraction of sp³-hybridized carbons (Fsp3) is 0.143. The summed E-state index contributed by atoms with van der Waals surface area (Å²) >= 11 is 0. The SMILES string of the molecule is Cc1cc(-c2ccccc2-c2cccc3c2CN(C)C3=O)oc1C=O. The molecule has 2 heterocycles. The first-order chi connectivity index (χ1) is 12.1. The van der Waals surface area contributed by atoms with Crippen LogP contribution in [0.15, 0.2) is 52.9 Å². The summed E-state index contributed by atoms with van der Waals surface area (Å²) in [6.07, 6.45) is 0.731. The van der Waals surface area contributed by atoms with Crippen LogP contribution in [0.3, 0.4) is 0 Å². The maximum atomic E-state index is 12.3. The van der Waals surface area contributed by atoms with Crippen LogP contribution < -0.4 is 0 Å². The van der Waals surface area contributed by atoms with Crippen molar-refractivity contribution in [1.29, 1.82) is 0 Å². The quantitative estimate of drug-likeness (QED) is 0.672. The molecule has 0 atom stereocenters. The molecule has 1 aliphatic heterocycles. The first-order valence-corrected chi connectivity index (χ1v) is 8.13. The number of fused-ring (bicyclic) bond motifs is 1. The van der Waals surface area contributed by atoms with Gasteiger partial charge in [0.1, 0.15) is 5.76 Å². The summed E-state index contributed by atoms with van der Waals surface area (Å²) in [5.41, 5.74) is 5.52. The zero-order valence-electron chi connectivity index (χ0n) is 14.1. The number of aldehydes is 1. The van der Waals surface area contributed by atoms with Crippen molar-refractivity contribution >= 4 is 12.2 Å². The second kappa shape index (κ2) is 5.74. The third-order valence-corrected chi connectivity index (χ3v) is 4.69. The maximum Gasteiger partial charge on any atom is 0.254 e. The largest absolute Gasteiger partial charge is 0.453 e. The molecular formula is C21H17NO3. The van der Waals surface area contributed by atoms with E-state index in [4.69, 9.17) is 4.42 Å². The molecule has 0 unspecified atom stereocenters. The number of benzene rings is 2. The van der Waals surface area contributed by atoms with Crippen LogP contribution in [-0.4, -0.2) is 24.1 Å². The van der Waals surface area contributed by atoms with E-state index in [2.05, 4.69) is 0 Å². The van der Waals surface area contributed by atoms with Gasteiger partial charge in [0.2, 0.25) is 0 Å². The minimum absolute atomic E-state index is 0.0476. The Morgan fingerprint density at radius 2 is 1.68 bits per heavy atom. The molecule has 1 aliphatic rings. The number of carbonyl (C=O) groups is 2. The van der Waals surface area contributed by atoms with Crippen LogP contribution >= 0.6 is 0 Å².